The zero-order chi connectivity index (χ0) is 17.7. The van der Waals surface area contributed by atoms with Gasteiger partial charge in [0.15, 0.2) is 0 Å². The zero-order valence-corrected chi connectivity index (χ0v) is 13.6. The van der Waals surface area contributed by atoms with Gasteiger partial charge in [0.1, 0.15) is 4.88 Å². The van der Waals surface area contributed by atoms with Crippen LogP contribution in [0.5, 0.6) is 0 Å². The Labute approximate surface area is 143 Å². The minimum absolute atomic E-state index is 0.499. The number of nitrogens with zero attached hydrogens (tertiary/aromatic N) is 3. The van der Waals surface area contributed by atoms with Gasteiger partial charge in [0.05, 0.1) is 5.02 Å². The summed E-state index contributed by atoms with van der Waals surface area (Å²) in [6.07, 6.45) is -5.08. The highest BCUT2D eigenvalue weighted by Gasteiger charge is 2.38. The Balaban J connectivity index is 0.000000256. The van der Waals surface area contributed by atoms with Crippen LogP contribution in [-0.2, 0) is 4.79 Å². The van der Waals surface area contributed by atoms with Crippen LogP contribution in [0.1, 0.15) is 0 Å². The average molecular weight is 385 g/mol. The molecule has 2 N–H and O–H groups in total. The van der Waals surface area contributed by atoms with Crippen molar-refractivity contribution in [3.05, 3.63) is 16.5 Å². The lowest BCUT2D eigenvalue weighted by Crippen LogP contribution is -2.43. The number of piperazine rings is 1. The van der Waals surface area contributed by atoms with E-state index in [9.17, 15) is 13.2 Å². The highest BCUT2D eigenvalue weighted by atomic mass is 35.5. The minimum Gasteiger partial charge on any atom is -0.475 e. The van der Waals surface area contributed by atoms with Gasteiger partial charge in [0.25, 0.3) is 5.89 Å². The van der Waals surface area contributed by atoms with Crippen molar-refractivity contribution in [2.24, 2.45) is 0 Å². The summed E-state index contributed by atoms with van der Waals surface area (Å²) in [7, 11) is 0. The number of hydrogen-bond acceptors (Lipinski definition) is 7. The fraction of sp³-hybridized carbons (Fsp3) is 0.417. The second kappa shape index (κ2) is 7.81. The number of hydrogen-bond donors (Lipinski definition) is 2. The summed E-state index contributed by atoms with van der Waals surface area (Å²) < 4.78 is 37.4. The number of carbonyl (C=O) groups is 1. The third-order valence-corrected chi connectivity index (χ3v) is 4.19. The van der Waals surface area contributed by atoms with Gasteiger partial charge in [-0.05, 0) is 11.4 Å². The van der Waals surface area contributed by atoms with Crippen molar-refractivity contribution in [3.63, 3.8) is 0 Å². The van der Waals surface area contributed by atoms with Crippen molar-refractivity contribution in [3.8, 4) is 10.8 Å². The van der Waals surface area contributed by atoms with Crippen LogP contribution in [0.2, 0.25) is 5.02 Å². The Kier molecular flexibility index (Phi) is 6.02. The van der Waals surface area contributed by atoms with Crippen molar-refractivity contribution < 1.29 is 27.5 Å². The highest BCUT2D eigenvalue weighted by molar-refractivity contribution is 7.14. The number of aromatic nitrogens is 2. The van der Waals surface area contributed by atoms with E-state index < -0.39 is 12.1 Å². The van der Waals surface area contributed by atoms with Crippen LogP contribution in [0.15, 0.2) is 15.9 Å². The van der Waals surface area contributed by atoms with Crippen molar-refractivity contribution in [2.45, 2.75) is 6.18 Å². The smallest absolute Gasteiger partial charge is 0.475 e. The molecule has 7 nitrogen and oxygen atoms in total. The summed E-state index contributed by atoms with van der Waals surface area (Å²) in [4.78, 5) is 11.8. The van der Waals surface area contributed by atoms with Gasteiger partial charge in [-0.1, -0.05) is 16.7 Å². The number of nitrogens with one attached hydrogen (secondary N) is 1. The van der Waals surface area contributed by atoms with E-state index in [-0.39, 0.29) is 0 Å². The molecule has 24 heavy (non-hydrogen) atoms. The molecular weight excluding hydrogens is 373 g/mol. The van der Waals surface area contributed by atoms with Gasteiger partial charge >= 0.3 is 18.2 Å². The van der Waals surface area contributed by atoms with Gasteiger partial charge in [-0.2, -0.15) is 13.2 Å². The Bertz CT molecular complexity index is 685. The monoisotopic (exact) mass is 384 g/mol. The molecule has 2 aromatic rings. The maximum absolute atomic E-state index is 10.6. The number of aliphatic carboxylic acids is 1. The Morgan fingerprint density at radius 1 is 1.38 bits per heavy atom. The number of halogens is 4. The zero-order valence-electron chi connectivity index (χ0n) is 12.0. The van der Waals surface area contributed by atoms with Crippen LogP contribution in [0.4, 0.5) is 19.2 Å². The third-order valence-electron chi connectivity index (χ3n) is 2.86. The quantitative estimate of drug-likeness (QED) is 0.821. The number of alkyl halides is 3. The number of carboxylic acid groups (broad SMARTS) is 1. The Morgan fingerprint density at radius 3 is 2.50 bits per heavy atom. The first-order chi connectivity index (χ1) is 11.3. The summed E-state index contributed by atoms with van der Waals surface area (Å²) in [5, 5.41) is 21.1. The van der Waals surface area contributed by atoms with Crippen molar-refractivity contribution in [2.75, 3.05) is 31.1 Å². The second-order valence-corrected chi connectivity index (χ2v) is 5.85. The molecule has 1 aliphatic heterocycles. The molecule has 1 fully saturated rings. The normalized spacial score (nSPS) is 14.9. The molecule has 0 amide bonds. The molecule has 132 valence electrons. The summed E-state index contributed by atoms with van der Waals surface area (Å²) in [5.41, 5.74) is 0. The van der Waals surface area contributed by atoms with Crippen LogP contribution < -0.4 is 10.2 Å². The molecule has 0 saturated carbocycles. The van der Waals surface area contributed by atoms with Crippen LogP contribution in [0.25, 0.3) is 10.8 Å². The molecule has 1 saturated heterocycles. The SMILES string of the molecule is Clc1ccsc1-c1nnc(N2CCNCC2)o1.O=C(O)C(F)(F)F. The van der Waals surface area contributed by atoms with E-state index in [1.807, 2.05) is 11.4 Å². The highest BCUT2D eigenvalue weighted by Crippen LogP contribution is 2.33. The molecule has 0 unspecified atom stereocenters. The fourth-order valence-corrected chi connectivity index (χ4v) is 2.79. The van der Waals surface area contributed by atoms with Crippen LogP contribution in [0.3, 0.4) is 0 Å². The predicted octanol–water partition coefficient (Wildman–Crippen LogP) is 2.49. The first-order valence-corrected chi connectivity index (χ1v) is 7.87. The van der Waals surface area contributed by atoms with Crippen molar-refractivity contribution in [1.29, 1.82) is 0 Å². The summed E-state index contributed by atoms with van der Waals surface area (Å²) in [5.74, 6) is -2.26. The van der Waals surface area contributed by atoms with Crippen LogP contribution in [-0.4, -0.2) is 53.6 Å². The lowest BCUT2D eigenvalue weighted by molar-refractivity contribution is -0.192. The molecule has 1 aliphatic rings. The molecule has 0 spiro atoms. The summed E-state index contributed by atoms with van der Waals surface area (Å²) >= 11 is 7.53. The molecule has 0 atom stereocenters. The Morgan fingerprint density at radius 2 is 2.00 bits per heavy atom. The summed E-state index contributed by atoms with van der Waals surface area (Å²) in [6.45, 7) is 3.66. The molecule has 0 bridgehead atoms. The molecule has 3 rings (SSSR count). The maximum atomic E-state index is 10.6. The predicted molar refractivity (Wildman–Crippen MR) is 81.4 cm³/mol. The molecule has 0 aromatic carbocycles. The maximum Gasteiger partial charge on any atom is 0.490 e. The topological polar surface area (TPSA) is 91.5 Å². The van der Waals surface area contributed by atoms with E-state index >= 15 is 0 Å². The largest absolute Gasteiger partial charge is 0.490 e. The molecule has 12 heteroatoms. The summed E-state index contributed by atoms with van der Waals surface area (Å²) in [6, 6.07) is 2.40. The van der Waals surface area contributed by atoms with Gasteiger partial charge in [-0.25, -0.2) is 4.79 Å². The van der Waals surface area contributed by atoms with E-state index in [4.69, 9.17) is 25.9 Å². The van der Waals surface area contributed by atoms with E-state index in [1.165, 1.54) is 11.3 Å². The minimum atomic E-state index is -5.08. The van der Waals surface area contributed by atoms with Gasteiger partial charge in [0.2, 0.25) is 0 Å². The number of anilines is 1. The lowest BCUT2D eigenvalue weighted by Gasteiger charge is -2.24. The fourth-order valence-electron chi connectivity index (χ4n) is 1.74. The van der Waals surface area contributed by atoms with Gasteiger partial charge in [-0.3, -0.25) is 0 Å². The molecule has 3 heterocycles. The molecule has 2 aromatic heterocycles. The van der Waals surface area contributed by atoms with Crippen LogP contribution >= 0.6 is 22.9 Å². The third kappa shape index (κ3) is 4.82. The van der Waals surface area contributed by atoms with E-state index in [1.54, 1.807) is 0 Å². The first-order valence-electron chi connectivity index (χ1n) is 6.61. The number of carboxylic acids is 1. The second-order valence-electron chi connectivity index (χ2n) is 4.53. The van der Waals surface area contributed by atoms with Crippen LogP contribution in [0, 0.1) is 0 Å². The van der Waals surface area contributed by atoms with E-state index in [0.717, 1.165) is 31.1 Å². The standard InChI is InChI=1S/C10H11ClN4OS.C2HF3O2/c11-7-1-6-17-8(7)9-13-14-10(16-9)15-4-2-12-3-5-15;3-2(4,5)1(6)7/h1,6,12H,2-5H2;(H,6,7). The number of thiophene rings is 1. The molecule has 0 radical (unpaired) electrons. The van der Waals surface area contributed by atoms with Gasteiger partial charge in [0, 0.05) is 26.2 Å². The lowest BCUT2D eigenvalue weighted by atomic mass is 10.4. The van der Waals surface area contributed by atoms with Crippen molar-refractivity contribution >= 4 is 34.9 Å². The van der Waals surface area contributed by atoms with Gasteiger partial charge < -0.3 is 19.7 Å². The number of rotatable bonds is 2. The van der Waals surface area contributed by atoms with E-state index in [2.05, 4.69) is 20.4 Å². The Hall–Kier alpha value is -1.85. The molecule has 0 aliphatic carbocycles. The van der Waals surface area contributed by atoms with Gasteiger partial charge in [-0.15, -0.1) is 16.4 Å². The average Bonchev–Trinajstić information content (AvgIpc) is 3.16. The van der Waals surface area contributed by atoms with Crippen molar-refractivity contribution in [1.82, 2.24) is 15.5 Å². The first kappa shape index (κ1) is 18.5. The van der Waals surface area contributed by atoms with E-state index in [0.29, 0.717) is 16.9 Å². The molecular formula is C12H12ClF3N4O3S.